The van der Waals surface area contributed by atoms with Gasteiger partial charge in [0, 0.05) is 17.6 Å². The highest BCUT2D eigenvalue weighted by molar-refractivity contribution is 5.21. The molecule has 1 aromatic carbocycles. The molecule has 0 heterocycles. The Hall–Kier alpha value is -0.930. The third-order valence-electron chi connectivity index (χ3n) is 3.28. The summed E-state index contributed by atoms with van der Waals surface area (Å²) in [5, 5.41) is 3.19. The van der Waals surface area contributed by atoms with E-state index in [-0.39, 0.29) is 11.9 Å². The van der Waals surface area contributed by atoms with Crippen LogP contribution in [0.1, 0.15) is 31.9 Å². The van der Waals surface area contributed by atoms with E-state index < -0.39 is 0 Å². The van der Waals surface area contributed by atoms with Crippen molar-refractivity contribution in [2.24, 2.45) is 0 Å². The van der Waals surface area contributed by atoms with Gasteiger partial charge in [0.25, 0.3) is 0 Å². The highest BCUT2D eigenvalue weighted by atomic mass is 19.1. The summed E-state index contributed by atoms with van der Waals surface area (Å²) in [6.07, 6.45) is 0.909. The lowest BCUT2D eigenvalue weighted by atomic mass is 10.0. The molecule has 0 spiro atoms. The maximum absolute atomic E-state index is 13.7. The zero-order chi connectivity index (χ0) is 12.8. The van der Waals surface area contributed by atoms with Crippen molar-refractivity contribution in [1.29, 1.82) is 0 Å². The summed E-state index contributed by atoms with van der Waals surface area (Å²) in [5.41, 5.74) is 0.757. The quantitative estimate of drug-likeness (QED) is 0.820. The van der Waals surface area contributed by atoms with Crippen LogP contribution in [-0.4, -0.2) is 31.6 Å². The van der Waals surface area contributed by atoms with Crippen molar-refractivity contribution < 1.29 is 4.39 Å². The second-order valence-electron chi connectivity index (χ2n) is 4.73. The van der Waals surface area contributed by atoms with Gasteiger partial charge in [-0.2, -0.15) is 0 Å². The number of hydrogen-bond acceptors (Lipinski definition) is 2. The summed E-state index contributed by atoms with van der Waals surface area (Å²) in [6, 6.07) is 7.59. The van der Waals surface area contributed by atoms with E-state index in [0.29, 0.717) is 6.04 Å². The second kappa shape index (κ2) is 6.72. The Labute approximate surface area is 104 Å². The molecule has 0 aliphatic carbocycles. The molecule has 0 bridgehead atoms. The minimum Gasteiger partial charge on any atom is -0.313 e. The first kappa shape index (κ1) is 14.1. The molecule has 0 fully saturated rings. The van der Waals surface area contributed by atoms with Gasteiger partial charge in [-0.05, 0) is 47.0 Å². The summed E-state index contributed by atoms with van der Waals surface area (Å²) in [7, 11) is 3.98. The standard InChI is InChI=1S/C14H23FN2/c1-11(2)17(4)10-9-14(16-3)12-7-5-6-8-13(12)15/h5-8,11,14,16H,9-10H2,1-4H3. The fraction of sp³-hybridized carbons (Fsp3) is 0.571. The highest BCUT2D eigenvalue weighted by Crippen LogP contribution is 2.19. The van der Waals surface area contributed by atoms with Gasteiger partial charge in [0.1, 0.15) is 5.82 Å². The molecule has 1 aromatic rings. The molecule has 1 N–H and O–H groups in total. The van der Waals surface area contributed by atoms with E-state index in [1.165, 1.54) is 6.07 Å². The minimum atomic E-state index is -0.126. The Morgan fingerprint density at radius 2 is 1.94 bits per heavy atom. The Bertz CT molecular complexity index is 339. The molecule has 96 valence electrons. The molecule has 1 rings (SSSR count). The predicted octanol–water partition coefficient (Wildman–Crippen LogP) is 2.82. The lowest BCUT2D eigenvalue weighted by Gasteiger charge is -2.24. The SMILES string of the molecule is CNC(CCN(C)C(C)C)c1ccccc1F. The van der Waals surface area contributed by atoms with Crippen LogP contribution in [0.5, 0.6) is 0 Å². The average molecular weight is 238 g/mol. The largest absolute Gasteiger partial charge is 0.313 e. The van der Waals surface area contributed by atoms with Crippen molar-refractivity contribution in [2.75, 3.05) is 20.6 Å². The number of hydrogen-bond donors (Lipinski definition) is 1. The summed E-state index contributed by atoms with van der Waals surface area (Å²) in [5.74, 6) is -0.126. The van der Waals surface area contributed by atoms with Gasteiger partial charge < -0.3 is 10.2 Å². The van der Waals surface area contributed by atoms with E-state index in [2.05, 4.69) is 31.1 Å². The lowest BCUT2D eigenvalue weighted by molar-refractivity contribution is 0.257. The molecular formula is C14H23FN2. The normalized spacial score (nSPS) is 13.4. The first-order valence-electron chi connectivity index (χ1n) is 6.18. The Morgan fingerprint density at radius 3 is 2.47 bits per heavy atom. The first-order chi connectivity index (χ1) is 8.06. The van der Waals surface area contributed by atoms with Crippen molar-refractivity contribution in [3.05, 3.63) is 35.6 Å². The van der Waals surface area contributed by atoms with Crippen molar-refractivity contribution in [3.63, 3.8) is 0 Å². The third-order valence-corrected chi connectivity index (χ3v) is 3.28. The molecule has 3 heteroatoms. The number of nitrogens with one attached hydrogen (secondary N) is 1. The maximum Gasteiger partial charge on any atom is 0.127 e. The third kappa shape index (κ3) is 4.10. The molecule has 0 aliphatic heterocycles. The van der Waals surface area contributed by atoms with Gasteiger partial charge in [-0.15, -0.1) is 0 Å². The first-order valence-corrected chi connectivity index (χ1v) is 6.18. The van der Waals surface area contributed by atoms with E-state index in [4.69, 9.17) is 0 Å². The van der Waals surface area contributed by atoms with Crippen molar-refractivity contribution in [1.82, 2.24) is 10.2 Å². The van der Waals surface area contributed by atoms with Crippen LogP contribution in [0, 0.1) is 5.82 Å². The van der Waals surface area contributed by atoms with E-state index >= 15 is 0 Å². The molecule has 0 aromatic heterocycles. The lowest BCUT2D eigenvalue weighted by Crippen LogP contribution is -2.30. The highest BCUT2D eigenvalue weighted by Gasteiger charge is 2.14. The fourth-order valence-corrected chi connectivity index (χ4v) is 1.80. The zero-order valence-electron chi connectivity index (χ0n) is 11.2. The second-order valence-corrected chi connectivity index (χ2v) is 4.73. The molecule has 0 saturated carbocycles. The van der Waals surface area contributed by atoms with E-state index in [1.54, 1.807) is 6.07 Å². The smallest absolute Gasteiger partial charge is 0.127 e. The van der Waals surface area contributed by atoms with Crippen LogP contribution >= 0.6 is 0 Å². The van der Waals surface area contributed by atoms with Crippen LogP contribution < -0.4 is 5.32 Å². The number of benzene rings is 1. The maximum atomic E-state index is 13.7. The van der Waals surface area contributed by atoms with Gasteiger partial charge in [0.15, 0.2) is 0 Å². The van der Waals surface area contributed by atoms with Crippen molar-refractivity contribution in [3.8, 4) is 0 Å². The van der Waals surface area contributed by atoms with Gasteiger partial charge in [-0.1, -0.05) is 18.2 Å². The monoisotopic (exact) mass is 238 g/mol. The summed E-state index contributed by atoms with van der Waals surface area (Å²) < 4.78 is 13.7. The van der Waals surface area contributed by atoms with Gasteiger partial charge in [0.2, 0.25) is 0 Å². The Morgan fingerprint density at radius 1 is 1.29 bits per heavy atom. The molecule has 1 unspecified atom stereocenters. The van der Waals surface area contributed by atoms with Crippen molar-refractivity contribution >= 4 is 0 Å². The van der Waals surface area contributed by atoms with Crippen LogP contribution in [-0.2, 0) is 0 Å². The van der Waals surface area contributed by atoms with Gasteiger partial charge in [-0.3, -0.25) is 0 Å². The molecule has 1 atom stereocenters. The minimum absolute atomic E-state index is 0.0809. The topological polar surface area (TPSA) is 15.3 Å². The zero-order valence-corrected chi connectivity index (χ0v) is 11.2. The van der Waals surface area contributed by atoms with Crippen LogP contribution in [0.4, 0.5) is 4.39 Å². The van der Waals surface area contributed by atoms with E-state index in [0.717, 1.165) is 18.5 Å². The van der Waals surface area contributed by atoms with E-state index in [9.17, 15) is 4.39 Å². The average Bonchev–Trinajstić information content (AvgIpc) is 2.31. The molecule has 17 heavy (non-hydrogen) atoms. The van der Waals surface area contributed by atoms with Crippen LogP contribution in [0.2, 0.25) is 0 Å². The number of halogens is 1. The van der Waals surface area contributed by atoms with Crippen molar-refractivity contribution in [2.45, 2.75) is 32.4 Å². The van der Waals surface area contributed by atoms with Crippen LogP contribution in [0.3, 0.4) is 0 Å². The molecule has 0 aliphatic rings. The number of nitrogens with zero attached hydrogens (tertiary/aromatic N) is 1. The summed E-state index contributed by atoms with van der Waals surface area (Å²) >= 11 is 0. The summed E-state index contributed by atoms with van der Waals surface area (Å²) in [4.78, 5) is 2.27. The predicted molar refractivity (Wildman–Crippen MR) is 70.6 cm³/mol. The van der Waals surface area contributed by atoms with E-state index in [1.807, 2.05) is 19.2 Å². The Balaban J connectivity index is 2.64. The van der Waals surface area contributed by atoms with Gasteiger partial charge >= 0.3 is 0 Å². The molecule has 0 amide bonds. The molecule has 0 saturated heterocycles. The van der Waals surface area contributed by atoms with Gasteiger partial charge in [0.05, 0.1) is 0 Å². The molecular weight excluding hydrogens is 215 g/mol. The molecule has 2 nitrogen and oxygen atoms in total. The molecule has 0 radical (unpaired) electrons. The summed E-state index contributed by atoms with van der Waals surface area (Å²) in [6.45, 7) is 5.28. The fourth-order valence-electron chi connectivity index (χ4n) is 1.80. The van der Waals surface area contributed by atoms with Gasteiger partial charge in [-0.25, -0.2) is 4.39 Å². The Kier molecular flexibility index (Phi) is 5.59. The van der Waals surface area contributed by atoms with Crippen LogP contribution in [0.25, 0.3) is 0 Å². The number of rotatable bonds is 6. The van der Waals surface area contributed by atoms with Crippen LogP contribution in [0.15, 0.2) is 24.3 Å².